The van der Waals surface area contributed by atoms with Gasteiger partial charge in [-0.3, -0.25) is 4.79 Å². The molecule has 0 amide bonds. The molecule has 0 fully saturated rings. The first kappa shape index (κ1) is 20.1. The molecule has 154 valence electrons. The van der Waals surface area contributed by atoms with Crippen molar-refractivity contribution in [3.63, 3.8) is 0 Å². The van der Waals surface area contributed by atoms with Gasteiger partial charge in [-0.25, -0.2) is 9.18 Å². The van der Waals surface area contributed by atoms with Gasteiger partial charge in [0.2, 0.25) is 10.6 Å². The molecule has 8 heteroatoms. The first-order chi connectivity index (χ1) is 14.5. The number of carbonyl (C=O) groups excluding carboxylic acids is 1. The second-order valence-corrected chi connectivity index (χ2v) is 7.64. The zero-order valence-electron chi connectivity index (χ0n) is 16.0. The lowest BCUT2D eigenvalue weighted by atomic mass is 9.83. The second kappa shape index (κ2) is 8.25. The Balaban J connectivity index is 1.93. The van der Waals surface area contributed by atoms with Crippen LogP contribution in [0.2, 0.25) is 0 Å². The molecule has 2 aromatic carbocycles. The van der Waals surface area contributed by atoms with E-state index in [2.05, 4.69) is 0 Å². The van der Waals surface area contributed by atoms with E-state index in [1.807, 2.05) is 24.3 Å². The van der Waals surface area contributed by atoms with E-state index in [0.717, 1.165) is 16.0 Å². The minimum Gasteiger partial charge on any atom is -0.460 e. The summed E-state index contributed by atoms with van der Waals surface area (Å²) in [7, 11) is 1.49. The van der Waals surface area contributed by atoms with Gasteiger partial charge in [-0.15, -0.1) is 0 Å². The van der Waals surface area contributed by atoms with E-state index in [9.17, 15) is 14.0 Å². The number of esters is 1. The predicted octanol–water partition coefficient (Wildman–Crippen LogP) is 3.28. The molecule has 0 saturated carbocycles. The number of benzene rings is 2. The Morgan fingerprint density at radius 2 is 1.90 bits per heavy atom. The van der Waals surface area contributed by atoms with Crippen LogP contribution >= 0.6 is 11.3 Å². The number of hydrogen-bond donors (Lipinski definition) is 1. The normalized spacial score (nSPS) is 15.6. The summed E-state index contributed by atoms with van der Waals surface area (Å²) in [5.74, 6) is -1.86. The molecule has 1 unspecified atom stereocenters. The van der Waals surface area contributed by atoms with Gasteiger partial charge in [-0.05, 0) is 29.8 Å². The molecule has 4 rings (SSSR count). The van der Waals surface area contributed by atoms with Crippen molar-refractivity contribution in [2.45, 2.75) is 5.92 Å². The summed E-state index contributed by atoms with van der Waals surface area (Å²) in [5, 5.41) is 0.707. The molecule has 3 aromatic rings. The fourth-order valence-electron chi connectivity index (χ4n) is 3.45. The zero-order valence-corrected chi connectivity index (χ0v) is 16.8. The molecule has 0 spiro atoms. The van der Waals surface area contributed by atoms with Crippen LogP contribution in [0.1, 0.15) is 17.0 Å². The van der Waals surface area contributed by atoms with Gasteiger partial charge in [0.05, 0.1) is 18.1 Å². The Labute approximate surface area is 175 Å². The lowest BCUT2D eigenvalue weighted by molar-refractivity contribution is -0.140. The summed E-state index contributed by atoms with van der Waals surface area (Å²) in [6.45, 7) is 0.219. The highest BCUT2D eigenvalue weighted by Gasteiger charge is 2.38. The number of methoxy groups -OCH3 is 1. The molecule has 1 aliphatic heterocycles. The smallest absolute Gasteiger partial charge is 0.340 e. The summed E-state index contributed by atoms with van der Waals surface area (Å²) in [5.41, 5.74) is 6.96. The van der Waals surface area contributed by atoms with Gasteiger partial charge in [-0.1, -0.05) is 35.6 Å². The molecule has 0 aliphatic carbocycles. The highest BCUT2D eigenvalue weighted by Crippen LogP contribution is 2.44. The third-order valence-electron chi connectivity index (χ3n) is 4.80. The van der Waals surface area contributed by atoms with E-state index in [1.54, 1.807) is 0 Å². The van der Waals surface area contributed by atoms with Crippen LogP contribution in [0, 0.1) is 5.82 Å². The molecule has 0 radical (unpaired) electrons. The predicted molar refractivity (Wildman–Crippen MR) is 111 cm³/mol. The van der Waals surface area contributed by atoms with Gasteiger partial charge in [0.1, 0.15) is 23.7 Å². The fourth-order valence-corrected chi connectivity index (χ4v) is 4.39. The molecule has 1 atom stereocenters. The molecule has 2 heterocycles. The van der Waals surface area contributed by atoms with Crippen LogP contribution in [0.25, 0.3) is 10.1 Å². The van der Waals surface area contributed by atoms with Gasteiger partial charge in [0.25, 0.3) is 0 Å². The van der Waals surface area contributed by atoms with Gasteiger partial charge < -0.3 is 19.9 Å². The van der Waals surface area contributed by atoms with Crippen LogP contribution in [0.5, 0.6) is 5.75 Å². The van der Waals surface area contributed by atoms with Crippen molar-refractivity contribution < 1.29 is 23.4 Å². The highest BCUT2D eigenvalue weighted by atomic mass is 32.1. The summed E-state index contributed by atoms with van der Waals surface area (Å²) >= 11 is 1.05. The highest BCUT2D eigenvalue weighted by molar-refractivity contribution is 7.16. The minimum absolute atomic E-state index is 0.00444. The maximum absolute atomic E-state index is 13.5. The van der Waals surface area contributed by atoms with Gasteiger partial charge in [-0.2, -0.15) is 0 Å². The van der Waals surface area contributed by atoms with Gasteiger partial charge in [0.15, 0.2) is 0 Å². The first-order valence-electron chi connectivity index (χ1n) is 9.16. The molecule has 30 heavy (non-hydrogen) atoms. The number of nitrogens with two attached hydrogens (primary N) is 1. The molecule has 6 nitrogen and oxygen atoms in total. The van der Waals surface area contributed by atoms with Crippen molar-refractivity contribution in [3.05, 3.63) is 86.5 Å². The second-order valence-electron chi connectivity index (χ2n) is 6.62. The summed E-state index contributed by atoms with van der Waals surface area (Å²) in [6, 6.07) is 12.8. The van der Waals surface area contributed by atoms with E-state index in [1.165, 1.54) is 31.4 Å². The van der Waals surface area contributed by atoms with E-state index >= 15 is 0 Å². The molecule has 2 N–H and O–H groups in total. The number of fused-ring (bicyclic) bond motifs is 3. The Hall–Kier alpha value is -3.23. The van der Waals surface area contributed by atoms with Crippen molar-refractivity contribution in [2.24, 2.45) is 5.73 Å². The maximum atomic E-state index is 13.5. The average molecular weight is 427 g/mol. The monoisotopic (exact) mass is 427 g/mol. The SMILES string of the molecule is COCCOC(=O)C1=C(N)Oc2c(c(=O)sc3ccccc23)C1c1ccc(F)cc1. The lowest BCUT2D eigenvalue weighted by Crippen LogP contribution is -2.31. The summed E-state index contributed by atoms with van der Waals surface area (Å²) in [6.07, 6.45) is 0. The number of hydrogen-bond acceptors (Lipinski definition) is 7. The van der Waals surface area contributed by atoms with Crippen LogP contribution in [0.4, 0.5) is 4.39 Å². The Bertz CT molecular complexity index is 1200. The molecule has 0 saturated heterocycles. The van der Waals surface area contributed by atoms with Crippen LogP contribution in [-0.4, -0.2) is 26.3 Å². The summed E-state index contributed by atoms with van der Waals surface area (Å²) in [4.78, 5) is 25.9. The van der Waals surface area contributed by atoms with E-state index < -0.39 is 17.7 Å². The molecular formula is C22H18FNO5S. The third-order valence-corrected chi connectivity index (χ3v) is 5.78. The Morgan fingerprint density at radius 3 is 2.63 bits per heavy atom. The van der Waals surface area contributed by atoms with Gasteiger partial charge in [0, 0.05) is 17.2 Å². The van der Waals surface area contributed by atoms with Gasteiger partial charge >= 0.3 is 5.97 Å². The van der Waals surface area contributed by atoms with Crippen molar-refractivity contribution in [3.8, 4) is 5.75 Å². The number of carbonyl (C=O) groups is 1. The van der Waals surface area contributed by atoms with Crippen molar-refractivity contribution in [1.82, 2.24) is 0 Å². The van der Waals surface area contributed by atoms with Crippen LogP contribution in [0.3, 0.4) is 0 Å². The zero-order chi connectivity index (χ0) is 21.3. The van der Waals surface area contributed by atoms with Crippen molar-refractivity contribution in [1.29, 1.82) is 0 Å². The molecule has 1 aromatic heterocycles. The van der Waals surface area contributed by atoms with Crippen LogP contribution in [-0.2, 0) is 14.3 Å². The lowest BCUT2D eigenvalue weighted by Gasteiger charge is -2.28. The van der Waals surface area contributed by atoms with Crippen LogP contribution in [0.15, 0.2) is 64.8 Å². The molecule has 1 aliphatic rings. The van der Waals surface area contributed by atoms with Crippen molar-refractivity contribution >= 4 is 27.4 Å². The molecular weight excluding hydrogens is 409 g/mol. The standard InChI is InChI=1S/C22H18FNO5S/c1-27-10-11-28-21(25)18-16(12-6-8-13(23)9-7-12)17-19(29-20(18)24)14-4-2-3-5-15(14)30-22(17)26/h2-9,16H,10-11,24H2,1H3. The van der Waals surface area contributed by atoms with Crippen molar-refractivity contribution in [2.75, 3.05) is 20.3 Å². The Morgan fingerprint density at radius 1 is 1.17 bits per heavy atom. The van der Waals surface area contributed by atoms with E-state index in [4.69, 9.17) is 19.9 Å². The minimum atomic E-state index is -0.849. The van der Waals surface area contributed by atoms with E-state index in [0.29, 0.717) is 16.7 Å². The van der Waals surface area contributed by atoms with Crippen LogP contribution < -0.4 is 15.2 Å². The maximum Gasteiger partial charge on any atom is 0.340 e. The number of rotatable bonds is 5. The fraction of sp³-hybridized carbons (Fsp3) is 0.182. The topological polar surface area (TPSA) is 87.8 Å². The first-order valence-corrected chi connectivity index (χ1v) is 9.97. The largest absolute Gasteiger partial charge is 0.460 e. The average Bonchev–Trinajstić information content (AvgIpc) is 2.73. The number of halogens is 1. The summed E-state index contributed by atoms with van der Waals surface area (Å²) < 4.78 is 30.0. The van der Waals surface area contributed by atoms with E-state index in [-0.39, 0.29) is 35.0 Å². The quantitative estimate of drug-likeness (QED) is 0.497. The third kappa shape index (κ3) is 3.55. The molecule has 0 bridgehead atoms. The number of ether oxygens (including phenoxy) is 3. The Kier molecular flexibility index (Phi) is 5.52.